The van der Waals surface area contributed by atoms with Crippen molar-refractivity contribution in [2.75, 3.05) is 26.2 Å². The van der Waals surface area contributed by atoms with Crippen LogP contribution in [0.15, 0.2) is 0 Å². The molecule has 3 atom stereocenters. The van der Waals surface area contributed by atoms with Gasteiger partial charge in [0.2, 0.25) is 10.0 Å². The van der Waals surface area contributed by atoms with Gasteiger partial charge in [-0.2, -0.15) is 4.31 Å². The van der Waals surface area contributed by atoms with E-state index in [1.807, 2.05) is 0 Å². The number of fused-ring (bicyclic) bond motifs is 1. The minimum Gasteiger partial charge on any atom is -0.375 e. The Hall–Kier alpha value is -0.170. The highest BCUT2D eigenvalue weighted by Crippen LogP contribution is 2.32. The summed E-state index contributed by atoms with van der Waals surface area (Å²) in [5.74, 6) is 0. The molecule has 3 unspecified atom stereocenters. The monoisotopic (exact) mass is 274 g/mol. The summed E-state index contributed by atoms with van der Waals surface area (Å²) in [6, 6.07) is 0.0955. The van der Waals surface area contributed by atoms with Crippen molar-refractivity contribution in [2.45, 2.75) is 49.5 Å². The van der Waals surface area contributed by atoms with E-state index in [9.17, 15) is 8.42 Å². The minimum atomic E-state index is -3.14. The van der Waals surface area contributed by atoms with Gasteiger partial charge in [-0.05, 0) is 25.8 Å². The lowest BCUT2D eigenvalue weighted by Gasteiger charge is -2.43. The first-order valence-corrected chi connectivity index (χ1v) is 8.53. The first-order chi connectivity index (χ1) is 8.69. The summed E-state index contributed by atoms with van der Waals surface area (Å²) in [6.45, 7) is 2.53. The number of sulfonamides is 1. The van der Waals surface area contributed by atoms with Crippen LogP contribution in [0.1, 0.15) is 32.1 Å². The third-order valence-electron chi connectivity index (χ3n) is 4.44. The van der Waals surface area contributed by atoms with E-state index in [2.05, 4.69) is 5.32 Å². The van der Waals surface area contributed by atoms with Gasteiger partial charge in [-0.1, -0.05) is 12.8 Å². The lowest BCUT2D eigenvalue weighted by molar-refractivity contribution is -0.0588. The molecule has 0 aromatic rings. The van der Waals surface area contributed by atoms with Crippen LogP contribution in [0.25, 0.3) is 0 Å². The maximum Gasteiger partial charge on any atom is 0.218 e. The first kappa shape index (κ1) is 12.8. The van der Waals surface area contributed by atoms with Gasteiger partial charge in [-0.25, -0.2) is 8.42 Å². The highest BCUT2D eigenvalue weighted by molar-refractivity contribution is 7.89. The maximum absolute atomic E-state index is 12.7. The van der Waals surface area contributed by atoms with Crippen molar-refractivity contribution < 1.29 is 13.2 Å². The quantitative estimate of drug-likeness (QED) is 0.788. The molecule has 0 spiro atoms. The lowest BCUT2D eigenvalue weighted by atomic mass is 9.91. The van der Waals surface area contributed by atoms with Crippen LogP contribution >= 0.6 is 0 Å². The fraction of sp³-hybridized carbons (Fsp3) is 1.00. The number of morpholine rings is 1. The van der Waals surface area contributed by atoms with Crippen LogP contribution in [-0.4, -0.2) is 56.4 Å². The number of rotatable bonds is 2. The fourth-order valence-electron chi connectivity index (χ4n) is 3.45. The van der Waals surface area contributed by atoms with E-state index in [0.717, 1.165) is 32.2 Å². The van der Waals surface area contributed by atoms with Crippen molar-refractivity contribution in [2.24, 2.45) is 0 Å². The van der Waals surface area contributed by atoms with Gasteiger partial charge in [0, 0.05) is 13.1 Å². The molecule has 6 heteroatoms. The molecule has 0 bridgehead atoms. The van der Waals surface area contributed by atoms with E-state index in [-0.39, 0.29) is 17.4 Å². The van der Waals surface area contributed by atoms with Crippen LogP contribution in [0.2, 0.25) is 0 Å². The van der Waals surface area contributed by atoms with E-state index in [0.29, 0.717) is 19.7 Å². The molecule has 1 N–H and O–H groups in total. The summed E-state index contributed by atoms with van der Waals surface area (Å²) in [5, 5.41) is 2.93. The highest BCUT2D eigenvalue weighted by Gasteiger charge is 2.43. The molecule has 0 aromatic heterocycles. The SMILES string of the molecule is O=S(=O)(C1CCNC1)N1CCOC2CCCCC21. The lowest BCUT2D eigenvalue weighted by Crippen LogP contribution is -2.56. The summed E-state index contributed by atoms with van der Waals surface area (Å²) in [6.07, 6.45) is 5.15. The number of nitrogens with zero attached hydrogens (tertiary/aromatic N) is 1. The van der Waals surface area contributed by atoms with Crippen LogP contribution in [-0.2, 0) is 14.8 Å². The highest BCUT2D eigenvalue weighted by atomic mass is 32.2. The van der Waals surface area contributed by atoms with Crippen molar-refractivity contribution >= 4 is 10.0 Å². The Morgan fingerprint density at radius 3 is 2.78 bits per heavy atom. The van der Waals surface area contributed by atoms with Gasteiger partial charge >= 0.3 is 0 Å². The van der Waals surface area contributed by atoms with Gasteiger partial charge < -0.3 is 10.1 Å². The summed E-state index contributed by atoms with van der Waals surface area (Å²) in [4.78, 5) is 0. The van der Waals surface area contributed by atoms with Gasteiger partial charge in [0.15, 0.2) is 0 Å². The van der Waals surface area contributed by atoms with E-state index in [1.165, 1.54) is 6.42 Å². The molecule has 0 amide bonds. The Morgan fingerprint density at radius 1 is 1.17 bits per heavy atom. The molecular weight excluding hydrogens is 252 g/mol. The molecule has 0 radical (unpaired) electrons. The molecule has 18 heavy (non-hydrogen) atoms. The Labute approximate surface area is 109 Å². The molecule has 1 aliphatic carbocycles. The predicted molar refractivity (Wildman–Crippen MR) is 68.9 cm³/mol. The number of ether oxygens (including phenoxy) is 1. The van der Waals surface area contributed by atoms with Crippen molar-refractivity contribution in [3.63, 3.8) is 0 Å². The Bertz CT molecular complexity index is 390. The smallest absolute Gasteiger partial charge is 0.218 e. The largest absolute Gasteiger partial charge is 0.375 e. The Morgan fingerprint density at radius 2 is 2.00 bits per heavy atom. The third-order valence-corrected chi connectivity index (χ3v) is 6.80. The number of hydrogen-bond donors (Lipinski definition) is 1. The van der Waals surface area contributed by atoms with E-state index >= 15 is 0 Å². The van der Waals surface area contributed by atoms with E-state index in [4.69, 9.17) is 4.74 Å². The molecule has 2 aliphatic heterocycles. The summed E-state index contributed by atoms with van der Waals surface area (Å²) in [7, 11) is -3.14. The zero-order valence-corrected chi connectivity index (χ0v) is 11.5. The van der Waals surface area contributed by atoms with Gasteiger partial charge in [0.1, 0.15) is 0 Å². The van der Waals surface area contributed by atoms with Crippen molar-refractivity contribution in [1.29, 1.82) is 0 Å². The van der Waals surface area contributed by atoms with Crippen molar-refractivity contribution in [1.82, 2.24) is 9.62 Å². The number of nitrogens with one attached hydrogen (secondary N) is 1. The molecule has 104 valence electrons. The Kier molecular flexibility index (Phi) is 3.62. The fourth-order valence-corrected chi connectivity index (χ4v) is 5.53. The summed E-state index contributed by atoms with van der Waals surface area (Å²) < 4.78 is 32.9. The van der Waals surface area contributed by atoms with Crippen molar-refractivity contribution in [3.8, 4) is 0 Å². The van der Waals surface area contributed by atoms with E-state index < -0.39 is 10.0 Å². The maximum atomic E-state index is 12.7. The second-order valence-electron chi connectivity index (χ2n) is 5.53. The average molecular weight is 274 g/mol. The normalized spacial score (nSPS) is 38.6. The Balaban J connectivity index is 1.80. The molecule has 3 aliphatic rings. The number of hydrogen-bond acceptors (Lipinski definition) is 4. The minimum absolute atomic E-state index is 0.0955. The summed E-state index contributed by atoms with van der Waals surface area (Å²) >= 11 is 0. The van der Waals surface area contributed by atoms with Crippen LogP contribution in [0, 0.1) is 0 Å². The topological polar surface area (TPSA) is 58.6 Å². The van der Waals surface area contributed by atoms with Gasteiger partial charge in [-0.15, -0.1) is 0 Å². The molecular formula is C12H22N2O3S. The van der Waals surface area contributed by atoms with Gasteiger partial charge in [-0.3, -0.25) is 0 Å². The van der Waals surface area contributed by atoms with Gasteiger partial charge in [0.05, 0.1) is 24.0 Å². The molecule has 5 nitrogen and oxygen atoms in total. The first-order valence-electron chi connectivity index (χ1n) is 7.02. The zero-order chi connectivity index (χ0) is 12.6. The molecule has 2 saturated heterocycles. The third kappa shape index (κ3) is 2.19. The summed E-state index contributed by atoms with van der Waals surface area (Å²) in [5.41, 5.74) is 0. The second kappa shape index (κ2) is 5.07. The average Bonchev–Trinajstić information content (AvgIpc) is 2.92. The molecule has 1 saturated carbocycles. The van der Waals surface area contributed by atoms with Crippen LogP contribution in [0.5, 0.6) is 0 Å². The van der Waals surface area contributed by atoms with Crippen LogP contribution < -0.4 is 5.32 Å². The molecule has 0 aromatic carbocycles. The second-order valence-corrected chi connectivity index (χ2v) is 7.70. The zero-order valence-electron chi connectivity index (χ0n) is 10.7. The molecule has 3 rings (SSSR count). The van der Waals surface area contributed by atoms with Crippen LogP contribution in [0.3, 0.4) is 0 Å². The van der Waals surface area contributed by atoms with Gasteiger partial charge in [0.25, 0.3) is 0 Å². The van der Waals surface area contributed by atoms with Crippen molar-refractivity contribution in [3.05, 3.63) is 0 Å². The predicted octanol–water partition coefficient (Wildman–Crippen LogP) is 0.321. The van der Waals surface area contributed by atoms with Crippen LogP contribution in [0.4, 0.5) is 0 Å². The standard InChI is InChI=1S/C12H22N2O3S/c15-18(16,10-5-6-13-9-10)14-7-8-17-12-4-2-1-3-11(12)14/h10-13H,1-9H2. The van der Waals surface area contributed by atoms with E-state index in [1.54, 1.807) is 4.31 Å². The molecule has 2 heterocycles. The molecule has 3 fully saturated rings.